The lowest BCUT2D eigenvalue weighted by molar-refractivity contribution is -0.386. The third-order valence-corrected chi connectivity index (χ3v) is 4.57. The highest BCUT2D eigenvalue weighted by molar-refractivity contribution is 7.14. The average molecular weight is 393 g/mol. The SMILES string of the molecule is COC(=O)c1cc([N+](=O)[O-])c(=O)n(CC(=O)c2ccc(CNC(C)=O)s2)c1. The molecule has 0 aromatic carbocycles. The van der Waals surface area contributed by atoms with Crippen LogP contribution >= 0.6 is 11.3 Å². The van der Waals surface area contributed by atoms with Crippen LogP contribution in [0.3, 0.4) is 0 Å². The number of nitro groups is 1. The van der Waals surface area contributed by atoms with E-state index in [1.165, 1.54) is 13.0 Å². The Hall–Kier alpha value is -3.34. The first-order valence-electron chi connectivity index (χ1n) is 7.56. The Morgan fingerprint density at radius 2 is 2.04 bits per heavy atom. The Morgan fingerprint density at radius 3 is 2.63 bits per heavy atom. The average Bonchev–Trinajstić information content (AvgIpc) is 3.09. The van der Waals surface area contributed by atoms with Gasteiger partial charge in [-0.3, -0.25) is 24.5 Å². The molecular formula is C16H15N3O7S. The predicted octanol–water partition coefficient (Wildman–Crippen LogP) is 1.12. The molecule has 0 spiro atoms. The number of amides is 1. The van der Waals surface area contributed by atoms with Crippen LogP contribution in [0.4, 0.5) is 5.69 Å². The van der Waals surface area contributed by atoms with Crippen LogP contribution in [0.1, 0.15) is 31.8 Å². The highest BCUT2D eigenvalue weighted by Gasteiger charge is 2.22. The fraction of sp³-hybridized carbons (Fsp3) is 0.250. The summed E-state index contributed by atoms with van der Waals surface area (Å²) in [4.78, 5) is 58.4. The zero-order valence-electron chi connectivity index (χ0n) is 14.4. The van der Waals surface area contributed by atoms with Crippen molar-refractivity contribution < 1.29 is 24.0 Å². The maximum atomic E-state index is 12.4. The molecule has 1 amide bonds. The van der Waals surface area contributed by atoms with Crippen LogP contribution in [0.25, 0.3) is 0 Å². The summed E-state index contributed by atoms with van der Waals surface area (Å²) in [6.45, 7) is 1.15. The second-order valence-electron chi connectivity index (χ2n) is 5.39. The van der Waals surface area contributed by atoms with Gasteiger partial charge < -0.3 is 14.6 Å². The van der Waals surface area contributed by atoms with Crippen molar-refractivity contribution in [1.29, 1.82) is 0 Å². The molecule has 0 atom stereocenters. The van der Waals surface area contributed by atoms with Gasteiger partial charge in [-0.05, 0) is 12.1 Å². The molecule has 2 aromatic rings. The number of methoxy groups -OCH3 is 1. The van der Waals surface area contributed by atoms with E-state index in [1.54, 1.807) is 6.07 Å². The lowest BCUT2D eigenvalue weighted by Crippen LogP contribution is -2.27. The molecule has 0 aliphatic heterocycles. The molecule has 0 fully saturated rings. The minimum Gasteiger partial charge on any atom is -0.465 e. The molecule has 0 bridgehead atoms. The van der Waals surface area contributed by atoms with E-state index in [0.717, 1.165) is 40.2 Å². The second kappa shape index (κ2) is 8.36. The topological polar surface area (TPSA) is 138 Å². The van der Waals surface area contributed by atoms with Gasteiger partial charge in [0, 0.05) is 24.1 Å². The van der Waals surface area contributed by atoms with Gasteiger partial charge in [-0.25, -0.2) is 4.79 Å². The van der Waals surface area contributed by atoms with Gasteiger partial charge in [0.15, 0.2) is 5.78 Å². The van der Waals surface area contributed by atoms with Crippen molar-refractivity contribution in [3.63, 3.8) is 0 Å². The fourth-order valence-electron chi connectivity index (χ4n) is 2.16. The number of nitrogens with zero attached hydrogens (tertiary/aromatic N) is 2. The predicted molar refractivity (Wildman–Crippen MR) is 94.9 cm³/mol. The minimum atomic E-state index is -1.00. The summed E-state index contributed by atoms with van der Waals surface area (Å²) in [5.74, 6) is -1.55. The van der Waals surface area contributed by atoms with Crippen LogP contribution in [-0.4, -0.2) is 34.3 Å². The van der Waals surface area contributed by atoms with Crippen LogP contribution in [0.5, 0.6) is 0 Å². The first-order chi connectivity index (χ1) is 12.7. The monoisotopic (exact) mass is 393 g/mol. The van der Waals surface area contributed by atoms with Crippen LogP contribution in [-0.2, 0) is 22.6 Å². The van der Waals surface area contributed by atoms with Crippen molar-refractivity contribution in [3.8, 4) is 0 Å². The van der Waals surface area contributed by atoms with E-state index in [-0.39, 0.29) is 18.0 Å². The number of rotatable bonds is 7. The zero-order chi connectivity index (χ0) is 20.1. The number of esters is 1. The molecule has 2 rings (SSSR count). The first kappa shape index (κ1) is 20.0. The van der Waals surface area contributed by atoms with Gasteiger partial charge >= 0.3 is 17.2 Å². The smallest absolute Gasteiger partial charge is 0.339 e. The molecule has 27 heavy (non-hydrogen) atoms. The number of hydrogen-bond acceptors (Lipinski definition) is 8. The molecule has 2 heterocycles. The highest BCUT2D eigenvalue weighted by Crippen LogP contribution is 2.18. The van der Waals surface area contributed by atoms with Gasteiger partial charge in [0.2, 0.25) is 5.91 Å². The Kier molecular flexibility index (Phi) is 6.19. The van der Waals surface area contributed by atoms with Gasteiger partial charge in [0.25, 0.3) is 0 Å². The number of hydrogen-bond donors (Lipinski definition) is 1. The van der Waals surface area contributed by atoms with E-state index in [2.05, 4.69) is 10.1 Å². The zero-order valence-corrected chi connectivity index (χ0v) is 15.2. The molecule has 0 aliphatic carbocycles. The quantitative estimate of drug-likeness (QED) is 0.322. The van der Waals surface area contributed by atoms with Crippen LogP contribution in [0.2, 0.25) is 0 Å². The van der Waals surface area contributed by atoms with Crippen molar-refractivity contribution in [2.24, 2.45) is 0 Å². The standard InChI is InChI=1S/C16H15N3O7S/c1-9(20)17-6-11-3-4-14(27-11)13(21)8-18-7-10(16(23)26-2)5-12(15(18)22)19(24)25/h3-5,7H,6,8H2,1-2H3,(H,17,20). The Labute approximate surface area is 156 Å². The molecule has 10 nitrogen and oxygen atoms in total. The molecule has 0 saturated carbocycles. The van der Waals surface area contributed by atoms with Crippen molar-refractivity contribution in [3.05, 3.63) is 60.2 Å². The summed E-state index contributed by atoms with van der Waals surface area (Å²) in [5.41, 5.74) is -2.05. The lowest BCUT2D eigenvalue weighted by Gasteiger charge is -2.06. The number of ketones is 1. The third-order valence-electron chi connectivity index (χ3n) is 3.45. The molecular weight excluding hydrogens is 378 g/mol. The molecule has 0 unspecified atom stereocenters. The summed E-state index contributed by atoms with van der Waals surface area (Å²) in [6, 6.07) is 4.00. The van der Waals surface area contributed by atoms with Crippen molar-refractivity contribution >= 4 is 34.7 Å². The summed E-state index contributed by atoms with van der Waals surface area (Å²) in [5, 5.41) is 13.6. The summed E-state index contributed by atoms with van der Waals surface area (Å²) in [6.07, 6.45) is 1.05. The first-order valence-corrected chi connectivity index (χ1v) is 8.38. The van der Waals surface area contributed by atoms with E-state index in [0.29, 0.717) is 4.88 Å². The van der Waals surface area contributed by atoms with Gasteiger partial charge in [-0.15, -0.1) is 11.3 Å². The van der Waals surface area contributed by atoms with Gasteiger partial charge in [0.05, 0.1) is 35.6 Å². The Morgan fingerprint density at radius 1 is 1.33 bits per heavy atom. The van der Waals surface area contributed by atoms with E-state index < -0.39 is 34.5 Å². The van der Waals surface area contributed by atoms with Gasteiger partial charge in [-0.2, -0.15) is 0 Å². The minimum absolute atomic E-state index is 0.213. The lowest BCUT2D eigenvalue weighted by atomic mass is 10.2. The molecule has 142 valence electrons. The second-order valence-corrected chi connectivity index (χ2v) is 6.56. The third kappa shape index (κ3) is 4.85. The number of carbonyl (C=O) groups excluding carboxylic acids is 3. The normalized spacial score (nSPS) is 10.3. The summed E-state index contributed by atoms with van der Waals surface area (Å²) < 4.78 is 5.32. The van der Waals surface area contributed by atoms with E-state index in [4.69, 9.17) is 0 Å². The number of pyridine rings is 1. The van der Waals surface area contributed by atoms with Crippen molar-refractivity contribution in [2.45, 2.75) is 20.0 Å². The summed E-state index contributed by atoms with van der Waals surface area (Å²) >= 11 is 1.13. The number of thiophene rings is 1. The molecule has 1 N–H and O–H groups in total. The number of aromatic nitrogens is 1. The number of carbonyl (C=O) groups is 3. The number of nitrogens with one attached hydrogen (secondary N) is 1. The molecule has 11 heteroatoms. The van der Waals surface area contributed by atoms with E-state index >= 15 is 0 Å². The fourth-order valence-corrected chi connectivity index (χ4v) is 3.04. The van der Waals surface area contributed by atoms with Crippen LogP contribution < -0.4 is 10.9 Å². The largest absolute Gasteiger partial charge is 0.465 e. The summed E-state index contributed by atoms with van der Waals surface area (Å²) in [7, 11) is 1.09. The van der Waals surface area contributed by atoms with E-state index in [1.807, 2.05) is 0 Å². The van der Waals surface area contributed by atoms with Gasteiger partial charge in [0.1, 0.15) is 0 Å². The number of ether oxygens (including phenoxy) is 1. The van der Waals surface area contributed by atoms with Crippen LogP contribution in [0, 0.1) is 10.1 Å². The Balaban J connectivity index is 2.30. The molecule has 0 saturated heterocycles. The molecule has 0 aliphatic rings. The number of Topliss-reactive ketones (excluding diaryl/α,β-unsaturated/α-hetero) is 1. The van der Waals surface area contributed by atoms with E-state index in [9.17, 15) is 29.3 Å². The van der Waals surface area contributed by atoms with Crippen molar-refractivity contribution in [2.75, 3.05) is 7.11 Å². The molecule has 0 radical (unpaired) electrons. The van der Waals surface area contributed by atoms with Crippen LogP contribution in [0.15, 0.2) is 29.2 Å². The van der Waals surface area contributed by atoms with Gasteiger partial charge in [-0.1, -0.05) is 0 Å². The Bertz CT molecular complexity index is 977. The molecule has 2 aromatic heterocycles. The maximum Gasteiger partial charge on any atom is 0.339 e. The highest BCUT2D eigenvalue weighted by atomic mass is 32.1. The maximum absolute atomic E-state index is 12.4. The van der Waals surface area contributed by atoms with Crippen molar-refractivity contribution in [1.82, 2.24) is 9.88 Å².